The minimum atomic E-state index is -0.662. The number of carbonyl (C=O) groups excluding carboxylic acids is 3. The molecule has 140 valence electrons. The van der Waals surface area contributed by atoms with Gasteiger partial charge in [-0.1, -0.05) is 19.1 Å². The molecule has 0 unspecified atom stereocenters. The van der Waals surface area contributed by atoms with E-state index >= 15 is 0 Å². The normalized spacial score (nSPS) is 22.1. The number of esters is 2. The van der Waals surface area contributed by atoms with Gasteiger partial charge in [-0.05, 0) is 23.6 Å². The highest BCUT2D eigenvalue weighted by Gasteiger charge is 2.44. The van der Waals surface area contributed by atoms with Crippen LogP contribution < -0.4 is 0 Å². The van der Waals surface area contributed by atoms with Gasteiger partial charge in [0.05, 0.1) is 19.1 Å². The first-order chi connectivity index (χ1) is 12.3. The van der Waals surface area contributed by atoms with Gasteiger partial charge in [-0.2, -0.15) is 0 Å². The second kappa shape index (κ2) is 8.55. The highest BCUT2D eigenvalue weighted by Crippen LogP contribution is 2.36. The molecule has 8 nitrogen and oxygen atoms in total. The fourth-order valence-corrected chi connectivity index (χ4v) is 3.26. The van der Waals surface area contributed by atoms with Gasteiger partial charge in [-0.15, -0.1) is 0 Å². The lowest BCUT2D eigenvalue weighted by Gasteiger charge is -2.17. The molecule has 1 aromatic carbocycles. The molecule has 8 heteroatoms. The van der Waals surface area contributed by atoms with Crippen molar-refractivity contribution >= 4 is 17.7 Å². The van der Waals surface area contributed by atoms with Crippen molar-refractivity contribution in [2.75, 3.05) is 13.7 Å². The molecule has 0 bridgehead atoms. The molecule has 0 N–H and O–H groups in total. The van der Waals surface area contributed by atoms with Crippen molar-refractivity contribution in [3.63, 3.8) is 0 Å². The Bertz CT molecular complexity index is 698. The third-order valence-electron chi connectivity index (χ3n) is 4.71. The smallest absolute Gasteiger partial charge is 0.337 e. The van der Waals surface area contributed by atoms with Crippen LogP contribution in [0.5, 0.6) is 0 Å². The van der Waals surface area contributed by atoms with Crippen LogP contribution in [0, 0.1) is 27.9 Å². The molecule has 1 fully saturated rings. The lowest BCUT2D eigenvalue weighted by molar-refractivity contribution is -0.490. The van der Waals surface area contributed by atoms with Crippen molar-refractivity contribution < 1.29 is 28.8 Å². The lowest BCUT2D eigenvalue weighted by atomic mass is 9.88. The van der Waals surface area contributed by atoms with Crippen LogP contribution in [0.1, 0.15) is 35.7 Å². The molecule has 0 heterocycles. The van der Waals surface area contributed by atoms with E-state index in [0.717, 1.165) is 0 Å². The molecule has 0 amide bonds. The van der Waals surface area contributed by atoms with E-state index in [2.05, 4.69) is 4.74 Å². The molecule has 2 rings (SSSR count). The first-order valence-electron chi connectivity index (χ1n) is 8.29. The van der Waals surface area contributed by atoms with Gasteiger partial charge in [-0.3, -0.25) is 19.7 Å². The number of ketones is 1. The quantitative estimate of drug-likeness (QED) is 0.414. The van der Waals surface area contributed by atoms with Crippen LogP contribution in [0.4, 0.5) is 0 Å². The molecule has 1 saturated carbocycles. The predicted octanol–water partition coefficient (Wildman–Crippen LogP) is 2.02. The number of benzene rings is 1. The maximum absolute atomic E-state index is 12.1. The summed E-state index contributed by atoms with van der Waals surface area (Å²) in [6.45, 7) is 1.47. The van der Waals surface area contributed by atoms with Gasteiger partial charge in [-0.25, -0.2) is 4.79 Å². The summed E-state index contributed by atoms with van der Waals surface area (Å²) in [6.07, 6.45) is 0.105. The van der Waals surface area contributed by atoms with Crippen molar-refractivity contribution in [3.8, 4) is 0 Å². The first-order valence-corrected chi connectivity index (χ1v) is 8.29. The van der Waals surface area contributed by atoms with E-state index in [1.54, 1.807) is 31.2 Å². The van der Waals surface area contributed by atoms with E-state index in [9.17, 15) is 24.5 Å². The van der Waals surface area contributed by atoms with Crippen molar-refractivity contribution in [1.82, 2.24) is 0 Å². The molecule has 3 atom stereocenters. The summed E-state index contributed by atoms with van der Waals surface area (Å²) in [4.78, 5) is 45.8. The molecule has 0 aromatic heterocycles. The summed E-state index contributed by atoms with van der Waals surface area (Å²) in [5.74, 6) is -2.36. The summed E-state index contributed by atoms with van der Waals surface area (Å²) < 4.78 is 9.78. The van der Waals surface area contributed by atoms with E-state index < -0.39 is 28.7 Å². The summed E-state index contributed by atoms with van der Waals surface area (Å²) in [6, 6.07) is 6.39. The van der Waals surface area contributed by atoms with Gasteiger partial charge in [0.15, 0.2) is 0 Å². The van der Waals surface area contributed by atoms with Crippen molar-refractivity contribution in [3.05, 3.63) is 45.5 Å². The third-order valence-corrected chi connectivity index (χ3v) is 4.71. The number of rotatable bonds is 7. The topological polar surface area (TPSA) is 113 Å². The van der Waals surface area contributed by atoms with Crippen LogP contribution in [0.3, 0.4) is 0 Å². The number of methoxy groups -OCH3 is 1. The fraction of sp³-hybridized carbons (Fsp3) is 0.500. The Morgan fingerprint density at radius 2 is 1.92 bits per heavy atom. The number of ether oxygens (including phenoxy) is 2. The lowest BCUT2D eigenvalue weighted by Crippen LogP contribution is -2.27. The molecule has 26 heavy (non-hydrogen) atoms. The summed E-state index contributed by atoms with van der Waals surface area (Å²) in [5.41, 5.74) is 1.06. The van der Waals surface area contributed by atoms with Gasteiger partial charge in [0.25, 0.3) is 0 Å². The number of Topliss-reactive ketones (excluding diaryl/α,β-unsaturated/α-hetero) is 1. The highest BCUT2D eigenvalue weighted by atomic mass is 16.6. The van der Waals surface area contributed by atoms with Gasteiger partial charge >= 0.3 is 11.9 Å². The fourth-order valence-electron chi connectivity index (χ4n) is 3.26. The number of hydrogen-bond donors (Lipinski definition) is 0. The van der Waals surface area contributed by atoms with Crippen molar-refractivity contribution in [2.24, 2.45) is 17.8 Å². The van der Waals surface area contributed by atoms with Gasteiger partial charge < -0.3 is 9.47 Å². The number of carbonyl (C=O) groups is 3. The standard InChI is InChI=1S/C18H21NO7/c1-11-7-16(20)14(15(11)9-19(23)24)8-17(21)26-10-12-3-5-13(6-4-12)18(22)25-2/h3-6,11,14-15H,7-10H2,1-2H3/t11-,14-,15+/m0/s1. The van der Waals surface area contributed by atoms with Crippen LogP contribution in [-0.4, -0.2) is 36.3 Å². The Morgan fingerprint density at radius 3 is 2.50 bits per heavy atom. The Kier molecular flexibility index (Phi) is 6.43. The minimum absolute atomic E-state index is 0.00332. The zero-order valence-electron chi connectivity index (χ0n) is 14.7. The summed E-state index contributed by atoms with van der Waals surface area (Å²) in [5, 5.41) is 10.8. The van der Waals surface area contributed by atoms with E-state index in [1.807, 2.05) is 0 Å². The van der Waals surface area contributed by atoms with Crippen LogP contribution in [0.15, 0.2) is 24.3 Å². The van der Waals surface area contributed by atoms with Crippen LogP contribution in [0.2, 0.25) is 0 Å². The molecule has 0 radical (unpaired) electrons. The second-order valence-electron chi connectivity index (χ2n) is 6.49. The molecular weight excluding hydrogens is 342 g/mol. The zero-order chi connectivity index (χ0) is 19.3. The number of nitrogens with zero attached hydrogens (tertiary/aromatic N) is 1. The highest BCUT2D eigenvalue weighted by molar-refractivity contribution is 5.89. The molecule has 1 aliphatic rings. The Morgan fingerprint density at radius 1 is 1.27 bits per heavy atom. The van der Waals surface area contributed by atoms with Gasteiger partial charge in [0, 0.05) is 23.2 Å². The minimum Gasteiger partial charge on any atom is -0.465 e. The van der Waals surface area contributed by atoms with E-state index in [1.165, 1.54) is 7.11 Å². The second-order valence-corrected chi connectivity index (χ2v) is 6.49. The van der Waals surface area contributed by atoms with Crippen LogP contribution >= 0.6 is 0 Å². The maximum Gasteiger partial charge on any atom is 0.337 e. The maximum atomic E-state index is 12.1. The predicted molar refractivity (Wildman–Crippen MR) is 89.8 cm³/mol. The summed E-state index contributed by atoms with van der Waals surface area (Å²) in [7, 11) is 1.29. The van der Waals surface area contributed by atoms with Crippen molar-refractivity contribution in [1.29, 1.82) is 0 Å². The SMILES string of the molecule is COC(=O)c1ccc(COC(=O)C[C@@H]2C(=O)C[C@H](C)[C@H]2C[N+](=O)[O-])cc1. The number of hydrogen-bond acceptors (Lipinski definition) is 7. The van der Waals surface area contributed by atoms with Gasteiger partial charge in [0.1, 0.15) is 12.4 Å². The molecular formula is C18H21NO7. The molecule has 0 saturated heterocycles. The Balaban J connectivity index is 1.90. The van der Waals surface area contributed by atoms with E-state index in [0.29, 0.717) is 11.1 Å². The van der Waals surface area contributed by atoms with E-state index in [4.69, 9.17) is 4.74 Å². The monoisotopic (exact) mass is 363 g/mol. The number of nitro groups is 1. The Labute approximate surface area is 150 Å². The molecule has 1 aromatic rings. The van der Waals surface area contributed by atoms with E-state index in [-0.39, 0.29) is 37.7 Å². The first kappa shape index (κ1) is 19.6. The average molecular weight is 363 g/mol. The van der Waals surface area contributed by atoms with Crippen LogP contribution in [-0.2, 0) is 25.7 Å². The largest absolute Gasteiger partial charge is 0.465 e. The van der Waals surface area contributed by atoms with Gasteiger partial charge in [0.2, 0.25) is 6.54 Å². The molecule has 1 aliphatic carbocycles. The molecule has 0 spiro atoms. The molecule has 0 aliphatic heterocycles. The van der Waals surface area contributed by atoms with Crippen molar-refractivity contribution in [2.45, 2.75) is 26.4 Å². The Hall–Kier alpha value is -2.77. The third kappa shape index (κ3) is 4.87. The van der Waals surface area contributed by atoms with Crippen LogP contribution in [0.25, 0.3) is 0 Å². The zero-order valence-corrected chi connectivity index (χ0v) is 14.7. The average Bonchev–Trinajstić information content (AvgIpc) is 2.86. The summed E-state index contributed by atoms with van der Waals surface area (Å²) >= 11 is 0.